The molecule has 0 saturated carbocycles. The number of hydrogen-bond donors (Lipinski definition) is 1. The third kappa shape index (κ3) is 1.97. The van der Waals surface area contributed by atoms with E-state index in [1.807, 2.05) is 4.90 Å². The van der Waals surface area contributed by atoms with Gasteiger partial charge in [-0.25, -0.2) is 0 Å². The van der Waals surface area contributed by atoms with Crippen LogP contribution in [0.5, 0.6) is 0 Å². The molecule has 1 saturated heterocycles. The second-order valence-corrected chi connectivity index (χ2v) is 3.73. The minimum Gasteiger partial charge on any atom is -0.337 e. The molecule has 0 aromatic rings. The molecule has 12 heavy (non-hydrogen) atoms. The zero-order chi connectivity index (χ0) is 9.14. The van der Waals surface area contributed by atoms with E-state index < -0.39 is 0 Å². The summed E-state index contributed by atoms with van der Waals surface area (Å²) in [6.45, 7) is 8.71. The van der Waals surface area contributed by atoms with Gasteiger partial charge in [-0.15, -0.1) is 0 Å². The molecule has 1 atom stereocenters. The van der Waals surface area contributed by atoms with Gasteiger partial charge >= 0.3 is 0 Å². The van der Waals surface area contributed by atoms with Gasteiger partial charge in [0.15, 0.2) is 0 Å². The van der Waals surface area contributed by atoms with Crippen molar-refractivity contribution in [3.63, 3.8) is 0 Å². The van der Waals surface area contributed by atoms with Gasteiger partial charge < -0.3 is 10.2 Å². The van der Waals surface area contributed by atoms with Gasteiger partial charge in [-0.05, 0) is 5.92 Å². The number of piperazine rings is 1. The first-order valence-electron chi connectivity index (χ1n) is 4.61. The molecule has 0 aromatic carbocycles. The number of carbonyl (C=O) groups excluding carboxylic acids is 1. The maximum absolute atomic E-state index is 11.2. The normalized spacial score (nSPS) is 24.7. The average molecular weight is 170 g/mol. The Morgan fingerprint density at radius 2 is 2.25 bits per heavy atom. The molecule has 1 aliphatic heterocycles. The molecule has 0 aliphatic carbocycles. The average Bonchev–Trinajstić information content (AvgIpc) is 2.04. The number of carbonyl (C=O) groups is 1. The van der Waals surface area contributed by atoms with Gasteiger partial charge in [0.05, 0.1) is 0 Å². The summed E-state index contributed by atoms with van der Waals surface area (Å²) in [5.74, 6) is 0.747. The van der Waals surface area contributed by atoms with Crippen LogP contribution in [0.25, 0.3) is 0 Å². The highest BCUT2D eigenvalue weighted by Crippen LogP contribution is 2.12. The van der Waals surface area contributed by atoms with Gasteiger partial charge in [0, 0.05) is 32.6 Å². The Morgan fingerprint density at radius 1 is 1.58 bits per heavy atom. The van der Waals surface area contributed by atoms with E-state index in [1.165, 1.54) is 0 Å². The highest BCUT2D eigenvalue weighted by Gasteiger charge is 2.26. The summed E-state index contributed by atoms with van der Waals surface area (Å²) in [6.07, 6.45) is 0. The standard InChI is InChI=1S/C9H18N2O/c1-7(2)9-6-10-4-5-11(9)8(3)12/h7,9-10H,4-6H2,1-3H3. The minimum atomic E-state index is 0.204. The largest absolute Gasteiger partial charge is 0.337 e. The number of nitrogens with one attached hydrogen (secondary N) is 1. The summed E-state index contributed by atoms with van der Waals surface area (Å²) in [5.41, 5.74) is 0. The molecule has 3 nitrogen and oxygen atoms in total. The molecule has 1 aliphatic rings. The smallest absolute Gasteiger partial charge is 0.219 e. The Labute approximate surface area is 74.1 Å². The first-order chi connectivity index (χ1) is 5.63. The molecular weight excluding hydrogens is 152 g/mol. The minimum absolute atomic E-state index is 0.204. The first kappa shape index (κ1) is 9.52. The van der Waals surface area contributed by atoms with Crippen LogP contribution in [0.1, 0.15) is 20.8 Å². The molecule has 3 heteroatoms. The predicted octanol–water partition coefficient (Wildman–Crippen LogP) is 0.463. The fourth-order valence-electron chi connectivity index (χ4n) is 1.71. The molecule has 0 aromatic heterocycles. The Morgan fingerprint density at radius 3 is 2.67 bits per heavy atom. The Hall–Kier alpha value is -0.570. The van der Waals surface area contributed by atoms with E-state index in [1.54, 1.807) is 6.92 Å². The third-order valence-corrected chi connectivity index (χ3v) is 2.46. The fraction of sp³-hybridized carbons (Fsp3) is 0.889. The molecular formula is C9H18N2O. The molecule has 0 bridgehead atoms. The SMILES string of the molecule is CC(=O)N1CCNCC1C(C)C. The summed E-state index contributed by atoms with van der Waals surface area (Å²) in [6, 6.07) is 0.385. The molecule has 1 unspecified atom stereocenters. The fourth-order valence-corrected chi connectivity index (χ4v) is 1.71. The number of rotatable bonds is 1. The quantitative estimate of drug-likeness (QED) is 0.620. The topological polar surface area (TPSA) is 32.3 Å². The summed E-state index contributed by atoms with van der Waals surface area (Å²) < 4.78 is 0. The highest BCUT2D eigenvalue weighted by molar-refractivity contribution is 5.73. The van der Waals surface area contributed by atoms with Crippen LogP contribution in [0, 0.1) is 5.92 Å². The number of hydrogen-bond acceptors (Lipinski definition) is 2. The lowest BCUT2D eigenvalue weighted by atomic mass is 10.0. The van der Waals surface area contributed by atoms with Gasteiger partial charge in [0.1, 0.15) is 0 Å². The van der Waals surface area contributed by atoms with Crippen LogP contribution in [0.3, 0.4) is 0 Å². The van der Waals surface area contributed by atoms with Crippen molar-refractivity contribution in [2.45, 2.75) is 26.8 Å². The third-order valence-electron chi connectivity index (χ3n) is 2.46. The van der Waals surface area contributed by atoms with Crippen LogP contribution in [-0.2, 0) is 4.79 Å². The van der Waals surface area contributed by atoms with Crippen LogP contribution >= 0.6 is 0 Å². The van der Waals surface area contributed by atoms with E-state index in [0.717, 1.165) is 19.6 Å². The molecule has 70 valence electrons. The summed E-state index contributed by atoms with van der Waals surface area (Å²) >= 11 is 0. The Balaban J connectivity index is 2.60. The van der Waals surface area contributed by atoms with E-state index in [9.17, 15) is 4.79 Å². The van der Waals surface area contributed by atoms with Crippen molar-refractivity contribution in [2.24, 2.45) is 5.92 Å². The van der Waals surface area contributed by atoms with Crippen LogP contribution in [0.4, 0.5) is 0 Å². The van der Waals surface area contributed by atoms with E-state index in [0.29, 0.717) is 12.0 Å². The summed E-state index contributed by atoms with van der Waals surface area (Å²) in [7, 11) is 0. The van der Waals surface area contributed by atoms with Crippen molar-refractivity contribution in [3.05, 3.63) is 0 Å². The molecule has 1 N–H and O–H groups in total. The number of amides is 1. The van der Waals surface area contributed by atoms with Crippen molar-refractivity contribution in [2.75, 3.05) is 19.6 Å². The van der Waals surface area contributed by atoms with Crippen molar-refractivity contribution < 1.29 is 4.79 Å². The first-order valence-corrected chi connectivity index (χ1v) is 4.61. The van der Waals surface area contributed by atoms with Gasteiger partial charge in [0.2, 0.25) is 5.91 Å². The maximum Gasteiger partial charge on any atom is 0.219 e. The molecule has 1 heterocycles. The summed E-state index contributed by atoms with van der Waals surface area (Å²) in [4.78, 5) is 13.2. The lowest BCUT2D eigenvalue weighted by Gasteiger charge is -2.38. The molecule has 1 amide bonds. The lowest BCUT2D eigenvalue weighted by Crippen LogP contribution is -2.55. The van der Waals surface area contributed by atoms with Crippen molar-refractivity contribution >= 4 is 5.91 Å². The van der Waals surface area contributed by atoms with Gasteiger partial charge in [0.25, 0.3) is 0 Å². The highest BCUT2D eigenvalue weighted by atomic mass is 16.2. The van der Waals surface area contributed by atoms with Crippen LogP contribution in [0.15, 0.2) is 0 Å². The molecule has 1 fully saturated rings. The zero-order valence-electron chi connectivity index (χ0n) is 8.13. The maximum atomic E-state index is 11.2. The van der Waals surface area contributed by atoms with Crippen LogP contribution in [0.2, 0.25) is 0 Å². The zero-order valence-corrected chi connectivity index (χ0v) is 8.13. The number of nitrogens with zero attached hydrogens (tertiary/aromatic N) is 1. The predicted molar refractivity (Wildman–Crippen MR) is 48.9 cm³/mol. The molecule has 0 radical (unpaired) electrons. The Bertz CT molecular complexity index is 168. The molecule has 0 spiro atoms. The van der Waals surface area contributed by atoms with Crippen molar-refractivity contribution in [3.8, 4) is 0 Å². The van der Waals surface area contributed by atoms with Crippen LogP contribution < -0.4 is 5.32 Å². The molecule has 1 rings (SSSR count). The van der Waals surface area contributed by atoms with Crippen molar-refractivity contribution in [1.82, 2.24) is 10.2 Å². The van der Waals surface area contributed by atoms with Gasteiger partial charge in [-0.2, -0.15) is 0 Å². The van der Waals surface area contributed by atoms with Crippen molar-refractivity contribution in [1.29, 1.82) is 0 Å². The lowest BCUT2D eigenvalue weighted by molar-refractivity contribution is -0.132. The second kappa shape index (κ2) is 3.90. The van der Waals surface area contributed by atoms with E-state index in [4.69, 9.17) is 0 Å². The summed E-state index contributed by atoms with van der Waals surface area (Å²) in [5, 5.41) is 3.31. The van der Waals surface area contributed by atoms with E-state index in [2.05, 4.69) is 19.2 Å². The second-order valence-electron chi connectivity index (χ2n) is 3.73. The van der Waals surface area contributed by atoms with E-state index in [-0.39, 0.29) is 5.91 Å². The van der Waals surface area contributed by atoms with Gasteiger partial charge in [-0.3, -0.25) is 4.79 Å². The monoisotopic (exact) mass is 170 g/mol. The van der Waals surface area contributed by atoms with Gasteiger partial charge in [-0.1, -0.05) is 13.8 Å². The Kier molecular flexibility index (Phi) is 3.09. The van der Waals surface area contributed by atoms with E-state index >= 15 is 0 Å². The van der Waals surface area contributed by atoms with Crippen LogP contribution in [-0.4, -0.2) is 36.5 Å².